The molecule has 0 aliphatic heterocycles. The number of rotatable bonds is 2. The highest BCUT2D eigenvalue weighted by Crippen LogP contribution is 1.97. The Labute approximate surface area is 105 Å². The summed E-state index contributed by atoms with van der Waals surface area (Å²) in [5.74, 6) is 0. The van der Waals surface area contributed by atoms with Crippen LogP contribution in [-0.4, -0.2) is 28.9 Å². The predicted molar refractivity (Wildman–Crippen MR) is 71.8 cm³/mol. The smallest absolute Gasteiger partial charge is 0.268 e. The fourth-order valence-electron chi connectivity index (χ4n) is 0.728. The van der Waals surface area contributed by atoms with E-state index in [0.29, 0.717) is 0 Å². The van der Waals surface area contributed by atoms with Gasteiger partial charge in [0.25, 0.3) is 5.56 Å². The normalized spacial score (nSPS) is 8.76. The van der Waals surface area contributed by atoms with Crippen LogP contribution in [0.15, 0.2) is 28.0 Å². The summed E-state index contributed by atoms with van der Waals surface area (Å²) in [6.45, 7) is 8.00. The van der Waals surface area contributed by atoms with E-state index in [-0.39, 0.29) is 13.3 Å². The summed E-state index contributed by atoms with van der Waals surface area (Å²) in [6.07, 6.45) is 1.37. The largest absolute Gasteiger partial charge is 0.328 e. The molecule has 0 spiro atoms. The quantitative estimate of drug-likeness (QED) is 0.776. The van der Waals surface area contributed by atoms with Gasteiger partial charge in [-0.1, -0.05) is 27.7 Å². The van der Waals surface area contributed by atoms with Crippen molar-refractivity contribution >= 4 is 18.4 Å². The molecular formula is C10H20BN2O3S. The van der Waals surface area contributed by atoms with E-state index in [1.165, 1.54) is 25.4 Å². The lowest BCUT2D eigenvalue weighted by Crippen LogP contribution is -2.25. The number of sulfonamides is 1. The van der Waals surface area contributed by atoms with Gasteiger partial charge < -0.3 is 4.98 Å². The zero-order valence-electron chi connectivity index (χ0n) is 10.9. The minimum absolute atomic E-state index is 0. The number of nitrogens with one attached hydrogen (secondary N) is 2. The lowest BCUT2D eigenvalue weighted by Gasteiger charge is -1.98. The summed E-state index contributed by atoms with van der Waals surface area (Å²) < 4.78 is 24.2. The van der Waals surface area contributed by atoms with Crippen molar-refractivity contribution in [2.45, 2.75) is 32.6 Å². The van der Waals surface area contributed by atoms with Crippen molar-refractivity contribution < 1.29 is 8.42 Å². The second-order valence-electron chi connectivity index (χ2n) is 2.07. The maximum absolute atomic E-state index is 11.1. The standard InChI is InChI=1S/C6H8N2O3S.2C2H6.B/c1-7-12(10,11)5-3-2-4-8-6(5)9;2*1-2;/h2-4,7H,1H3,(H,8,9);2*1-2H3;. The molecule has 0 unspecified atom stereocenters. The first kappa shape index (κ1) is 21.2. The summed E-state index contributed by atoms with van der Waals surface area (Å²) >= 11 is 0. The van der Waals surface area contributed by atoms with E-state index in [0.717, 1.165) is 0 Å². The summed E-state index contributed by atoms with van der Waals surface area (Å²) in [4.78, 5) is 12.9. The van der Waals surface area contributed by atoms with Gasteiger partial charge in [0.15, 0.2) is 0 Å². The minimum Gasteiger partial charge on any atom is -0.328 e. The van der Waals surface area contributed by atoms with E-state index in [1.54, 1.807) is 0 Å². The van der Waals surface area contributed by atoms with E-state index in [2.05, 4.69) is 9.71 Å². The van der Waals surface area contributed by atoms with Gasteiger partial charge in [-0.25, -0.2) is 13.1 Å². The molecule has 0 aliphatic carbocycles. The number of aromatic amines is 1. The molecule has 17 heavy (non-hydrogen) atoms. The topological polar surface area (TPSA) is 79.0 Å². The van der Waals surface area contributed by atoms with Crippen LogP contribution in [0.1, 0.15) is 27.7 Å². The second-order valence-corrected chi connectivity index (χ2v) is 3.93. The van der Waals surface area contributed by atoms with Crippen molar-refractivity contribution in [3.8, 4) is 0 Å². The van der Waals surface area contributed by atoms with E-state index in [1.807, 2.05) is 27.7 Å². The summed E-state index contributed by atoms with van der Waals surface area (Å²) in [7, 11) is -2.37. The Morgan fingerprint density at radius 1 is 1.18 bits per heavy atom. The third-order valence-corrected chi connectivity index (χ3v) is 2.78. The van der Waals surface area contributed by atoms with Crippen molar-refractivity contribution in [2.75, 3.05) is 7.05 Å². The molecule has 1 aromatic rings. The van der Waals surface area contributed by atoms with Crippen LogP contribution in [0.4, 0.5) is 0 Å². The Morgan fingerprint density at radius 3 is 2.00 bits per heavy atom. The van der Waals surface area contributed by atoms with Crippen molar-refractivity contribution in [2.24, 2.45) is 0 Å². The summed E-state index contributed by atoms with van der Waals surface area (Å²) in [5, 5.41) is 0. The van der Waals surface area contributed by atoms with Crippen LogP contribution in [0.25, 0.3) is 0 Å². The Bertz CT molecular complexity index is 429. The molecule has 5 nitrogen and oxygen atoms in total. The van der Waals surface area contributed by atoms with Gasteiger partial charge in [0.2, 0.25) is 10.0 Å². The molecule has 0 saturated heterocycles. The molecule has 0 aliphatic rings. The van der Waals surface area contributed by atoms with Crippen LogP contribution < -0.4 is 10.3 Å². The van der Waals surface area contributed by atoms with Gasteiger partial charge in [-0.2, -0.15) is 0 Å². The zero-order chi connectivity index (χ0) is 13.2. The van der Waals surface area contributed by atoms with Gasteiger partial charge >= 0.3 is 0 Å². The van der Waals surface area contributed by atoms with Gasteiger partial charge in [-0.05, 0) is 19.2 Å². The fraction of sp³-hybridized carbons (Fsp3) is 0.500. The van der Waals surface area contributed by atoms with E-state index < -0.39 is 15.6 Å². The van der Waals surface area contributed by atoms with Crippen molar-refractivity contribution in [1.29, 1.82) is 0 Å². The van der Waals surface area contributed by atoms with E-state index in [4.69, 9.17) is 0 Å². The number of aromatic nitrogens is 1. The Morgan fingerprint density at radius 2 is 1.65 bits per heavy atom. The predicted octanol–water partition coefficient (Wildman–Crippen LogP) is 0.955. The maximum atomic E-state index is 11.1. The Kier molecular flexibility index (Phi) is 14.3. The molecule has 0 amide bonds. The van der Waals surface area contributed by atoms with Gasteiger partial charge in [0, 0.05) is 14.6 Å². The highest BCUT2D eigenvalue weighted by molar-refractivity contribution is 7.89. The van der Waals surface area contributed by atoms with Crippen molar-refractivity contribution in [3.05, 3.63) is 28.7 Å². The average molecular weight is 259 g/mol. The molecule has 3 radical (unpaired) electrons. The first-order valence-corrected chi connectivity index (χ1v) is 6.67. The van der Waals surface area contributed by atoms with Crippen LogP contribution in [0.2, 0.25) is 0 Å². The van der Waals surface area contributed by atoms with Gasteiger partial charge in [0.05, 0.1) is 0 Å². The molecule has 0 saturated carbocycles. The monoisotopic (exact) mass is 259 g/mol. The van der Waals surface area contributed by atoms with Crippen molar-refractivity contribution in [3.63, 3.8) is 0 Å². The van der Waals surface area contributed by atoms with Crippen LogP contribution >= 0.6 is 0 Å². The fourth-order valence-corrected chi connectivity index (χ4v) is 1.51. The molecular weight excluding hydrogens is 239 g/mol. The SMILES string of the molecule is CC.CC.CNS(=O)(=O)c1ccc[nH]c1=O.[B]. The number of H-pyrrole nitrogens is 1. The molecule has 0 aromatic carbocycles. The zero-order valence-corrected chi connectivity index (χ0v) is 11.8. The summed E-state index contributed by atoms with van der Waals surface area (Å²) in [5.41, 5.74) is -0.619. The highest BCUT2D eigenvalue weighted by atomic mass is 32.2. The van der Waals surface area contributed by atoms with Crippen LogP contribution in [0.3, 0.4) is 0 Å². The van der Waals surface area contributed by atoms with Gasteiger partial charge in [0.1, 0.15) is 4.90 Å². The first-order chi connectivity index (χ1) is 7.58. The third-order valence-electron chi connectivity index (χ3n) is 1.34. The van der Waals surface area contributed by atoms with Crippen LogP contribution in [0, 0.1) is 0 Å². The molecule has 0 fully saturated rings. The number of hydrogen-bond donors (Lipinski definition) is 2. The third kappa shape index (κ3) is 6.96. The first-order valence-electron chi connectivity index (χ1n) is 5.19. The molecule has 7 heteroatoms. The van der Waals surface area contributed by atoms with Gasteiger partial charge in [-0.3, -0.25) is 4.79 Å². The molecule has 1 aromatic heterocycles. The summed E-state index contributed by atoms with van der Waals surface area (Å²) in [6, 6.07) is 2.69. The van der Waals surface area contributed by atoms with Crippen LogP contribution in [0.5, 0.6) is 0 Å². The van der Waals surface area contributed by atoms with Crippen molar-refractivity contribution in [1.82, 2.24) is 9.71 Å². The molecule has 0 atom stereocenters. The minimum atomic E-state index is -3.62. The Hall–Kier alpha value is -1.08. The van der Waals surface area contributed by atoms with Gasteiger partial charge in [-0.15, -0.1) is 0 Å². The average Bonchev–Trinajstić information content (AvgIpc) is 2.34. The highest BCUT2D eigenvalue weighted by Gasteiger charge is 2.14. The number of pyridine rings is 1. The Balaban J connectivity index is -0.000000355. The molecule has 1 heterocycles. The maximum Gasteiger partial charge on any atom is 0.268 e. The number of hydrogen-bond acceptors (Lipinski definition) is 3. The lowest BCUT2D eigenvalue weighted by atomic mass is 10.5. The molecule has 97 valence electrons. The molecule has 1 rings (SSSR count). The van der Waals surface area contributed by atoms with E-state index >= 15 is 0 Å². The van der Waals surface area contributed by atoms with E-state index in [9.17, 15) is 13.2 Å². The lowest BCUT2D eigenvalue weighted by molar-refractivity contribution is 0.587. The molecule has 0 bridgehead atoms. The second kappa shape index (κ2) is 11.4. The molecule has 2 N–H and O–H groups in total. The van der Waals surface area contributed by atoms with Crippen LogP contribution in [-0.2, 0) is 10.0 Å².